The molecule has 0 radical (unpaired) electrons. The lowest BCUT2D eigenvalue weighted by molar-refractivity contribution is 0.306. The van der Waals surface area contributed by atoms with Crippen LogP contribution in [0.4, 0.5) is 0 Å². The van der Waals surface area contributed by atoms with Gasteiger partial charge in [-0.1, -0.05) is 109 Å². The molecule has 0 aliphatic carbocycles. The Labute approximate surface area is 268 Å². The van der Waals surface area contributed by atoms with Crippen LogP contribution in [0.25, 0.3) is 0 Å². The molecule has 0 atom stereocenters. The SMILES string of the molecule is c1ccc(OB(Oc2ccccc2)Oc2cc(OB3Oc4ccccc4O3)cc(OB(c3ccccc3)c3ccccc3)c2)cc1. The monoisotopic (exact) mass is 604 g/mol. The van der Waals surface area contributed by atoms with E-state index in [-0.39, 0.29) is 0 Å². The van der Waals surface area contributed by atoms with Gasteiger partial charge in [-0.2, -0.15) is 0 Å². The average molecular weight is 604 g/mol. The van der Waals surface area contributed by atoms with Gasteiger partial charge in [0.25, 0.3) is 0 Å². The van der Waals surface area contributed by atoms with E-state index in [1.165, 1.54) is 0 Å². The van der Waals surface area contributed by atoms with E-state index in [1.807, 2.05) is 146 Å². The quantitative estimate of drug-likeness (QED) is 0.154. The molecule has 0 fully saturated rings. The smallest absolute Gasteiger partial charge is 0.551 e. The Bertz CT molecular complexity index is 1740. The minimum absolute atomic E-state index is 0.375. The number of fused-ring (bicyclic) bond motifs is 1. The van der Waals surface area contributed by atoms with Crippen molar-refractivity contribution in [1.29, 1.82) is 0 Å². The summed E-state index contributed by atoms with van der Waals surface area (Å²) >= 11 is 0. The second-order valence-electron chi connectivity index (χ2n) is 10.3. The van der Waals surface area contributed by atoms with Crippen molar-refractivity contribution in [1.82, 2.24) is 0 Å². The van der Waals surface area contributed by atoms with E-state index in [0.29, 0.717) is 40.2 Å². The van der Waals surface area contributed by atoms with E-state index in [9.17, 15) is 0 Å². The first-order valence-electron chi connectivity index (χ1n) is 14.9. The lowest BCUT2D eigenvalue weighted by Crippen LogP contribution is -2.47. The minimum Gasteiger partial charge on any atom is -0.551 e. The van der Waals surface area contributed by atoms with Crippen molar-refractivity contribution >= 4 is 32.5 Å². The highest BCUT2D eigenvalue weighted by atomic mass is 16.8. The van der Waals surface area contributed by atoms with Crippen LogP contribution in [-0.4, -0.2) is 21.6 Å². The third-order valence-electron chi connectivity index (χ3n) is 7.02. The maximum atomic E-state index is 6.69. The molecule has 10 heteroatoms. The summed E-state index contributed by atoms with van der Waals surface area (Å²) in [7, 11) is -2.15. The molecule has 6 aromatic rings. The molecule has 0 saturated carbocycles. The lowest BCUT2D eigenvalue weighted by atomic mass is 9.55. The standard InChI is InChI=1S/C36H27B3O7/c1-5-15-28(16-6-1)37(29-17-7-2-8-18-29)40-32-25-33(27-34(26-32)44-39-45-35-23-13-14-24-36(35)46-39)43-38(41-30-19-9-3-10-20-30)42-31-21-11-4-12-22-31/h1-27H. The molecule has 0 N–H and O–H groups in total. The summed E-state index contributed by atoms with van der Waals surface area (Å²) in [5.41, 5.74) is 1.97. The summed E-state index contributed by atoms with van der Waals surface area (Å²) in [6.07, 6.45) is 0. The van der Waals surface area contributed by atoms with E-state index >= 15 is 0 Å². The average Bonchev–Trinajstić information content (AvgIpc) is 3.51. The molecule has 0 spiro atoms. The number of hydrogen-bond donors (Lipinski definition) is 0. The predicted octanol–water partition coefficient (Wildman–Crippen LogP) is 6.23. The summed E-state index contributed by atoms with van der Waals surface area (Å²) < 4.78 is 43.2. The molecule has 0 unspecified atom stereocenters. The molecule has 1 aliphatic rings. The largest absolute Gasteiger partial charge is 0.864 e. The van der Waals surface area contributed by atoms with Crippen LogP contribution in [0, 0.1) is 0 Å². The fourth-order valence-corrected chi connectivity index (χ4v) is 4.91. The Morgan fingerprint density at radius 3 is 1.28 bits per heavy atom. The van der Waals surface area contributed by atoms with E-state index in [0.717, 1.165) is 10.9 Å². The van der Waals surface area contributed by atoms with Gasteiger partial charge in [-0.05, 0) is 47.3 Å². The first kappa shape index (κ1) is 28.9. The van der Waals surface area contributed by atoms with Gasteiger partial charge in [0, 0.05) is 18.2 Å². The Hall–Kier alpha value is -5.89. The molecular formula is C36H27B3O7. The Morgan fingerprint density at radius 2 is 0.783 bits per heavy atom. The van der Waals surface area contributed by atoms with Crippen molar-refractivity contribution < 1.29 is 32.6 Å². The highest BCUT2D eigenvalue weighted by Crippen LogP contribution is 2.35. The highest BCUT2D eigenvalue weighted by molar-refractivity contribution is 6.80. The zero-order valence-electron chi connectivity index (χ0n) is 24.7. The fourth-order valence-electron chi connectivity index (χ4n) is 4.91. The van der Waals surface area contributed by atoms with Crippen LogP contribution in [0.2, 0.25) is 0 Å². The van der Waals surface area contributed by atoms with Gasteiger partial charge >= 0.3 is 21.6 Å². The third-order valence-corrected chi connectivity index (χ3v) is 7.02. The van der Waals surface area contributed by atoms with Crippen molar-refractivity contribution in [2.75, 3.05) is 0 Å². The minimum atomic E-state index is -1.14. The van der Waals surface area contributed by atoms with Gasteiger partial charge in [-0.25, -0.2) is 0 Å². The van der Waals surface area contributed by atoms with Crippen LogP contribution in [0.15, 0.2) is 164 Å². The van der Waals surface area contributed by atoms with Gasteiger partial charge in [0.1, 0.15) is 40.2 Å². The van der Waals surface area contributed by atoms with E-state index in [4.69, 9.17) is 32.6 Å². The number of para-hydroxylation sites is 4. The fraction of sp³-hybridized carbons (Fsp3) is 0. The van der Waals surface area contributed by atoms with Gasteiger partial charge in [0.05, 0.1) is 0 Å². The van der Waals surface area contributed by atoms with Crippen LogP contribution >= 0.6 is 0 Å². The molecule has 46 heavy (non-hydrogen) atoms. The van der Waals surface area contributed by atoms with Crippen molar-refractivity contribution in [3.63, 3.8) is 0 Å². The third kappa shape index (κ3) is 7.25. The van der Waals surface area contributed by atoms with Crippen LogP contribution in [0.5, 0.6) is 40.2 Å². The molecule has 1 aliphatic heterocycles. The van der Waals surface area contributed by atoms with Gasteiger partial charge in [0.15, 0.2) is 0 Å². The summed E-state index contributed by atoms with van der Waals surface area (Å²) in [4.78, 5) is 0. The zero-order chi connectivity index (χ0) is 31.0. The topological polar surface area (TPSA) is 64.6 Å². The summed E-state index contributed by atoms with van der Waals surface area (Å²) in [6.45, 7) is -0.411. The second kappa shape index (κ2) is 13.8. The first-order valence-corrected chi connectivity index (χ1v) is 14.9. The molecule has 6 aromatic carbocycles. The molecule has 7 nitrogen and oxygen atoms in total. The van der Waals surface area contributed by atoms with Gasteiger partial charge in [-0.15, -0.1) is 0 Å². The molecule has 0 amide bonds. The maximum Gasteiger partial charge on any atom is 0.864 e. The normalized spacial score (nSPS) is 11.3. The van der Waals surface area contributed by atoms with Gasteiger partial charge in [0.2, 0.25) is 0 Å². The molecular weight excluding hydrogens is 577 g/mol. The van der Waals surface area contributed by atoms with Crippen molar-refractivity contribution in [3.8, 4) is 40.2 Å². The molecule has 1 heterocycles. The summed E-state index contributed by atoms with van der Waals surface area (Å²) in [5, 5.41) is 0. The Kier molecular flexibility index (Phi) is 8.67. The second-order valence-corrected chi connectivity index (χ2v) is 10.3. The van der Waals surface area contributed by atoms with Crippen molar-refractivity contribution in [2.24, 2.45) is 0 Å². The van der Waals surface area contributed by atoms with Crippen molar-refractivity contribution in [3.05, 3.63) is 164 Å². The summed E-state index contributed by atoms with van der Waals surface area (Å²) in [5.74, 6) is 3.59. The van der Waals surface area contributed by atoms with Crippen LogP contribution in [0.3, 0.4) is 0 Å². The van der Waals surface area contributed by atoms with Crippen LogP contribution in [-0.2, 0) is 0 Å². The first-order chi connectivity index (χ1) is 22.7. The van der Waals surface area contributed by atoms with Crippen molar-refractivity contribution in [2.45, 2.75) is 0 Å². The number of rotatable bonds is 12. The summed E-state index contributed by atoms with van der Waals surface area (Å²) in [6, 6.07) is 51.3. The predicted molar refractivity (Wildman–Crippen MR) is 180 cm³/mol. The van der Waals surface area contributed by atoms with Crippen LogP contribution < -0.4 is 43.5 Å². The van der Waals surface area contributed by atoms with Gasteiger partial charge < -0.3 is 32.6 Å². The Morgan fingerprint density at radius 1 is 0.391 bits per heavy atom. The van der Waals surface area contributed by atoms with E-state index in [2.05, 4.69) is 0 Å². The lowest BCUT2D eigenvalue weighted by Gasteiger charge is -2.20. The highest BCUT2D eigenvalue weighted by Gasteiger charge is 2.38. The molecule has 7 rings (SSSR count). The van der Waals surface area contributed by atoms with E-state index in [1.54, 1.807) is 18.2 Å². The molecule has 0 bridgehead atoms. The molecule has 222 valence electrons. The molecule has 0 aromatic heterocycles. The number of benzene rings is 6. The maximum absolute atomic E-state index is 6.69. The Balaban J connectivity index is 1.22. The van der Waals surface area contributed by atoms with E-state index < -0.39 is 21.6 Å². The zero-order valence-corrected chi connectivity index (χ0v) is 24.7. The van der Waals surface area contributed by atoms with Gasteiger partial charge in [-0.3, -0.25) is 0 Å². The van der Waals surface area contributed by atoms with Crippen LogP contribution in [0.1, 0.15) is 0 Å². The molecule has 0 saturated heterocycles. The number of hydrogen-bond acceptors (Lipinski definition) is 7.